The quantitative estimate of drug-likeness (QED) is 0.554. The summed E-state index contributed by atoms with van der Waals surface area (Å²) >= 11 is 12.7. The molecule has 166 valence electrons. The average Bonchev–Trinajstić information content (AvgIpc) is 2.79. The molecule has 0 bridgehead atoms. The summed E-state index contributed by atoms with van der Waals surface area (Å²) in [4.78, 5) is 17.0. The number of aryl methyl sites for hydroxylation is 1. The number of aliphatic hydroxyl groups is 1. The molecule has 0 radical (unpaired) electrons. The average molecular weight is 471 g/mol. The Morgan fingerprint density at radius 2 is 1.69 bits per heavy atom. The number of hydrogen-bond donors (Lipinski definition) is 2. The number of rotatable bonds is 4. The lowest BCUT2D eigenvalue weighted by Gasteiger charge is -2.44. The highest BCUT2D eigenvalue weighted by Gasteiger charge is 2.34. The molecule has 4 rings (SSSR count). The summed E-state index contributed by atoms with van der Waals surface area (Å²) in [6.45, 7) is 3.39. The number of nitrogens with zero attached hydrogens (tertiary/aromatic N) is 2. The SMILES string of the molecule is Cc1ccc(N2CCN(C(=O)C(O)c3ccc(O)cc3)CC2c2ccc(Cl)cc2)c(Cl)c1. The van der Waals surface area contributed by atoms with Gasteiger partial charge in [0.05, 0.1) is 16.8 Å². The van der Waals surface area contributed by atoms with Crippen LogP contribution in [0.3, 0.4) is 0 Å². The second-order valence-corrected chi connectivity index (χ2v) is 8.84. The molecule has 2 N–H and O–H groups in total. The molecule has 0 saturated carbocycles. The maximum absolute atomic E-state index is 13.1. The van der Waals surface area contributed by atoms with Gasteiger partial charge in [-0.05, 0) is 60.0 Å². The molecule has 1 saturated heterocycles. The lowest BCUT2D eigenvalue weighted by Crippen LogP contribution is -2.51. The molecule has 2 atom stereocenters. The summed E-state index contributed by atoms with van der Waals surface area (Å²) in [5.41, 5.74) is 3.43. The molecule has 5 nitrogen and oxygen atoms in total. The number of halogens is 2. The van der Waals surface area contributed by atoms with Crippen LogP contribution in [0.5, 0.6) is 5.75 Å². The van der Waals surface area contributed by atoms with E-state index in [0.29, 0.717) is 35.2 Å². The largest absolute Gasteiger partial charge is 0.508 e. The molecule has 1 aliphatic rings. The number of carbonyl (C=O) groups excluding carboxylic acids is 1. The molecule has 3 aromatic carbocycles. The van der Waals surface area contributed by atoms with Crippen molar-refractivity contribution in [2.75, 3.05) is 24.5 Å². The Hall–Kier alpha value is -2.73. The lowest BCUT2D eigenvalue weighted by atomic mass is 9.99. The zero-order valence-corrected chi connectivity index (χ0v) is 19.1. The molecule has 1 fully saturated rings. The zero-order valence-electron chi connectivity index (χ0n) is 17.6. The van der Waals surface area contributed by atoms with Crippen molar-refractivity contribution >= 4 is 34.8 Å². The number of carbonyl (C=O) groups is 1. The number of anilines is 1. The topological polar surface area (TPSA) is 64.0 Å². The fraction of sp³-hybridized carbons (Fsp3) is 0.240. The second-order valence-electron chi connectivity index (χ2n) is 7.99. The number of aromatic hydroxyl groups is 1. The molecule has 32 heavy (non-hydrogen) atoms. The highest BCUT2D eigenvalue weighted by atomic mass is 35.5. The Bertz CT molecular complexity index is 1100. The fourth-order valence-corrected chi connectivity index (χ4v) is 4.53. The van der Waals surface area contributed by atoms with Crippen molar-refractivity contribution < 1.29 is 15.0 Å². The molecule has 7 heteroatoms. The molecule has 2 unspecified atom stereocenters. The Labute approximate surface area is 197 Å². The Morgan fingerprint density at radius 1 is 1.00 bits per heavy atom. The molecule has 0 aromatic heterocycles. The zero-order chi connectivity index (χ0) is 22.8. The number of amides is 1. The first-order valence-electron chi connectivity index (χ1n) is 10.4. The number of phenols is 1. The summed E-state index contributed by atoms with van der Waals surface area (Å²) < 4.78 is 0. The molecular weight excluding hydrogens is 447 g/mol. The normalized spacial score (nSPS) is 17.3. The maximum Gasteiger partial charge on any atom is 0.256 e. The van der Waals surface area contributed by atoms with Crippen LogP contribution in [-0.4, -0.2) is 40.7 Å². The van der Waals surface area contributed by atoms with Crippen molar-refractivity contribution in [3.63, 3.8) is 0 Å². The van der Waals surface area contributed by atoms with Crippen molar-refractivity contribution in [1.29, 1.82) is 0 Å². The number of benzene rings is 3. The van der Waals surface area contributed by atoms with Gasteiger partial charge in [0.2, 0.25) is 0 Å². The molecule has 1 amide bonds. The van der Waals surface area contributed by atoms with Gasteiger partial charge in [-0.3, -0.25) is 4.79 Å². The van der Waals surface area contributed by atoms with E-state index in [-0.39, 0.29) is 17.7 Å². The Kier molecular flexibility index (Phi) is 6.60. The minimum absolute atomic E-state index is 0.0831. The Balaban J connectivity index is 1.63. The fourth-order valence-electron chi connectivity index (χ4n) is 4.06. The number of piperazine rings is 1. The van der Waals surface area contributed by atoms with Crippen LogP contribution in [0.1, 0.15) is 28.8 Å². The minimum Gasteiger partial charge on any atom is -0.508 e. The predicted molar refractivity (Wildman–Crippen MR) is 127 cm³/mol. The molecular formula is C25H24Cl2N2O3. The second kappa shape index (κ2) is 9.41. The van der Waals surface area contributed by atoms with Gasteiger partial charge in [-0.15, -0.1) is 0 Å². The third-order valence-corrected chi connectivity index (χ3v) is 6.36. The summed E-state index contributed by atoms with van der Waals surface area (Å²) in [5, 5.41) is 21.4. The van der Waals surface area contributed by atoms with Crippen molar-refractivity contribution in [2.24, 2.45) is 0 Å². The van der Waals surface area contributed by atoms with E-state index in [2.05, 4.69) is 4.90 Å². The van der Waals surface area contributed by atoms with Gasteiger partial charge in [-0.1, -0.05) is 53.5 Å². The standard InChI is InChI=1S/C25H24Cl2N2O3/c1-16-2-11-22(21(27)14-16)29-13-12-28(15-23(29)17-3-7-19(26)8-4-17)25(32)24(31)18-5-9-20(30)10-6-18/h2-11,14,23-24,30-31H,12-13,15H2,1H3. The van der Waals surface area contributed by atoms with Crippen LogP contribution in [0, 0.1) is 6.92 Å². The van der Waals surface area contributed by atoms with E-state index >= 15 is 0 Å². The van der Waals surface area contributed by atoms with Crippen molar-refractivity contribution in [3.8, 4) is 5.75 Å². The van der Waals surface area contributed by atoms with Gasteiger partial charge in [0.25, 0.3) is 5.91 Å². The number of hydrogen-bond acceptors (Lipinski definition) is 4. The molecule has 0 spiro atoms. The van der Waals surface area contributed by atoms with Gasteiger partial charge in [0, 0.05) is 24.7 Å². The predicted octanol–water partition coefficient (Wildman–Crippen LogP) is 5.13. The van der Waals surface area contributed by atoms with Gasteiger partial charge in [0.15, 0.2) is 6.10 Å². The molecule has 0 aliphatic carbocycles. The van der Waals surface area contributed by atoms with Crippen molar-refractivity contribution in [2.45, 2.75) is 19.1 Å². The highest BCUT2D eigenvalue weighted by Crippen LogP contribution is 2.36. The summed E-state index contributed by atoms with van der Waals surface area (Å²) in [6, 6.07) is 19.4. The van der Waals surface area contributed by atoms with E-state index in [1.165, 1.54) is 12.1 Å². The van der Waals surface area contributed by atoms with Crippen molar-refractivity contribution in [3.05, 3.63) is 93.5 Å². The van der Waals surface area contributed by atoms with Gasteiger partial charge in [-0.25, -0.2) is 0 Å². The molecule has 1 heterocycles. The summed E-state index contributed by atoms with van der Waals surface area (Å²) in [7, 11) is 0. The third kappa shape index (κ3) is 4.70. The first kappa shape index (κ1) is 22.5. The smallest absolute Gasteiger partial charge is 0.256 e. The first-order chi connectivity index (χ1) is 15.3. The van der Waals surface area contributed by atoms with Crippen molar-refractivity contribution in [1.82, 2.24) is 4.90 Å². The van der Waals surface area contributed by atoms with Crippen LogP contribution in [0.25, 0.3) is 0 Å². The van der Waals surface area contributed by atoms with Crippen LogP contribution in [-0.2, 0) is 4.79 Å². The van der Waals surface area contributed by atoms with Gasteiger partial charge < -0.3 is 20.0 Å². The maximum atomic E-state index is 13.1. The van der Waals surface area contributed by atoms with Crippen LogP contribution < -0.4 is 4.90 Å². The van der Waals surface area contributed by atoms with E-state index in [1.54, 1.807) is 17.0 Å². The number of phenolic OH excluding ortho intramolecular Hbond substituents is 1. The van der Waals surface area contributed by atoms with E-state index < -0.39 is 6.10 Å². The van der Waals surface area contributed by atoms with Gasteiger partial charge in [-0.2, -0.15) is 0 Å². The van der Waals surface area contributed by atoms with Gasteiger partial charge in [0.1, 0.15) is 5.75 Å². The highest BCUT2D eigenvalue weighted by molar-refractivity contribution is 6.33. The number of aliphatic hydroxyl groups excluding tert-OH is 1. The van der Waals surface area contributed by atoms with E-state index in [0.717, 1.165) is 16.8 Å². The summed E-state index contributed by atoms with van der Waals surface area (Å²) in [5.74, 6) is -0.288. The van der Waals surface area contributed by atoms with E-state index in [9.17, 15) is 15.0 Å². The van der Waals surface area contributed by atoms with Gasteiger partial charge >= 0.3 is 0 Å². The van der Waals surface area contributed by atoms with E-state index in [1.807, 2.05) is 49.4 Å². The van der Waals surface area contributed by atoms with E-state index in [4.69, 9.17) is 23.2 Å². The lowest BCUT2D eigenvalue weighted by molar-refractivity contribution is -0.141. The molecule has 3 aromatic rings. The first-order valence-corrected chi connectivity index (χ1v) is 11.1. The minimum atomic E-state index is -1.30. The monoisotopic (exact) mass is 470 g/mol. The molecule has 1 aliphatic heterocycles. The van der Waals surface area contributed by atoms with Crippen LogP contribution in [0.4, 0.5) is 5.69 Å². The third-order valence-electron chi connectivity index (χ3n) is 5.80. The van der Waals surface area contributed by atoms with Crippen LogP contribution in [0.2, 0.25) is 10.0 Å². The Morgan fingerprint density at radius 3 is 2.34 bits per heavy atom. The van der Waals surface area contributed by atoms with Crippen LogP contribution in [0.15, 0.2) is 66.7 Å². The van der Waals surface area contributed by atoms with Crippen LogP contribution >= 0.6 is 23.2 Å². The summed E-state index contributed by atoms with van der Waals surface area (Å²) in [6.07, 6.45) is -1.30.